The zero-order valence-corrected chi connectivity index (χ0v) is 23.1. The van der Waals surface area contributed by atoms with Crippen LogP contribution in [-0.2, 0) is 6.54 Å². The van der Waals surface area contributed by atoms with E-state index < -0.39 is 0 Å². The molecule has 0 aromatic heterocycles. The summed E-state index contributed by atoms with van der Waals surface area (Å²) in [5.41, 5.74) is 4.22. The van der Waals surface area contributed by atoms with E-state index in [-0.39, 0.29) is 41.5 Å². The van der Waals surface area contributed by atoms with Crippen LogP contribution in [0.2, 0.25) is 0 Å². The van der Waals surface area contributed by atoms with Crippen molar-refractivity contribution in [2.24, 2.45) is 4.99 Å². The topological polar surface area (TPSA) is 15.6 Å². The highest BCUT2D eigenvalue weighted by Gasteiger charge is 2.20. The van der Waals surface area contributed by atoms with Crippen LogP contribution in [0.1, 0.15) is 39.7 Å². The molecule has 3 rings (SSSR count). The molecule has 0 radical (unpaired) electrons. The van der Waals surface area contributed by atoms with Gasteiger partial charge in [0.05, 0.1) is 18.9 Å². The highest BCUT2D eigenvalue weighted by atomic mass is 127. The molecular formula is C26H34I2N2. The molecule has 0 aliphatic carbocycles. The lowest BCUT2D eigenvalue weighted by atomic mass is 10.0. The average molecular weight is 628 g/mol. The summed E-state index contributed by atoms with van der Waals surface area (Å²) in [7, 11) is 0. The van der Waals surface area contributed by atoms with E-state index in [2.05, 4.69) is 87.8 Å². The van der Waals surface area contributed by atoms with Crippen molar-refractivity contribution < 1.29 is 0 Å². The summed E-state index contributed by atoms with van der Waals surface area (Å²) in [6.45, 7) is 10.3. The van der Waals surface area contributed by atoms with Crippen molar-refractivity contribution in [1.82, 2.24) is 4.90 Å². The molecule has 0 saturated carbocycles. The van der Waals surface area contributed by atoms with Crippen LogP contribution in [0.5, 0.6) is 0 Å². The summed E-state index contributed by atoms with van der Waals surface area (Å²) >= 11 is 0.178. The predicted octanol–water partition coefficient (Wildman–Crippen LogP) is 7.49. The number of allylic oxidation sites excluding steroid dienone is 3. The molecular weight excluding hydrogens is 594 g/mol. The first kappa shape index (κ1) is 25.1. The highest BCUT2D eigenvalue weighted by Crippen LogP contribution is 2.22. The summed E-state index contributed by atoms with van der Waals surface area (Å²) in [4.78, 5) is 9.30. The first-order chi connectivity index (χ1) is 14.6. The summed E-state index contributed by atoms with van der Waals surface area (Å²) in [5.74, 6) is 0. The molecule has 2 nitrogen and oxygen atoms in total. The molecule has 1 unspecified atom stereocenters. The Balaban J connectivity index is 0.00000155. The maximum absolute atomic E-state index is 4.56. The molecule has 1 aliphatic rings. The van der Waals surface area contributed by atoms with Gasteiger partial charge in [-0.25, -0.2) is 0 Å². The fourth-order valence-electron chi connectivity index (χ4n) is 3.45. The normalized spacial score (nSPS) is 17.6. The number of hydrogen-bond acceptors (Lipinski definition) is 2. The molecule has 0 saturated heterocycles. The second-order valence-electron chi connectivity index (χ2n) is 7.14. The molecule has 1 heterocycles. The quantitative estimate of drug-likeness (QED) is 0.176. The summed E-state index contributed by atoms with van der Waals surface area (Å²) in [6, 6.07) is 15.8. The fraction of sp³-hybridized carbons (Fsp3) is 0.346. The fourth-order valence-corrected chi connectivity index (χ4v) is 7.48. The number of hydrogen-bond donors (Lipinski definition) is 0. The smallest absolute Gasteiger partial charge is 0.0857 e. The maximum Gasteiger partial charge on any atom is 0.0857 e. The molecule has 1 atom stereocenters. The minimum Gasteiger partial charge on any atom is -0.353 e. The van der Waals surface area contributed by atoms with E-state index in [9.17, 15) is 0 Å². The van der Waals surface area contributed by atoms with Crippen molar-refractivity contribution in [3.63, 3.8) is 0 Å². The Bertz CT molecular complexity index is 970. The van der Waals surface area contributed by atoms with Crippen LogP contribution in [0, 0.1) is 0 Å². The van der Waals surface area contributed by atoms with Crippen LogP contribution in [0.3, 0.4) is 0 Å². The van der Waals surface area contributed by atoms with Gasteiger partial charge in [-0.3, -0.25) is 4.99 Å². The Kier molecular flexibility index (Phi) is 11.1. The van der Waals surface area contributed by atoms with Crippen LogP contribution < -0.4 is 0 Å². The van der Waals surface area contributed by atoms with E-state index in [1.807, 2.05) is 20.2 Å². The zero-order valence-electron chi connectivity index (χ0n) is 18.8. The van der Waals surface area contributed by atoms with Crippen molar-refractivity contribution in [2.45, 2.75) is 46.7 Å². The van der Waals surface area contributed by atoms with Gasteiger partial charge >= 0.3 is 0 Å². The van der Waals surface area contributed by atoms with Crippen LogP contribution in [-0.4, -0.2) is 34.8 Å². The number of aliphatic imine (C=N–C) groups is 1. The molecule has 4 heteroatoms. The second-order valence-corrected chi connectivity index (χ2v) is 13.2. The minimum atomic E-state index is -0.00459. The standard InChI is InChI=1S/C24H28I2N2.C2H6/c1-18(9-10-19(2)24(25-3)26-4)13-23-15-27-17-28(23)16-20-11-12-21-7-5-6-8-22(21)14-20;1-2/h5-12,14,17,23H,3,13,15-16H2,1-2,4H3;1-2H3/b18-9+,19-10+;. The van der Waals surface area contributed by atoms with Crippen LogP contribution >= 0.6 is 41.5 Å². The largest absolute Gasteiger partial charge is 0.353 e. The molecule has 0 spiro atoms. The van der Waals surface area contributed by atoms with Gasteiger partial charge in [0.2, 0.25) is 0 Å². The van der Waals surface area contributed by atoms with Gasteiger partial charge in [-0.2, -0.15) is 0 Å². The monoisotopic (exact) mass is 628 g/mol. The first-order valence-electron chi connectivity index (χ1n) is 10.4. The van der Waals surface area contributed by atoms with Gasteiger partial charge in [-0.15, -0.1) is 20.7 Å². The molecule has 2 aromatic rings. The third-order valence-electron chi connectivity index (χ3n) is 4.95. The van der Waals surface area contributed by atoms with Crippen molar-refractivity contribution in [3.8, 4) is 0 Å². The third kappa shape index (κ3) is 7.22. The number of nitrogens with zero attached hydrogens (tertiary/aromatic N) is 2. The van der Waals surface area contributed by atoms with Crippen molar-refractivity contribution >= 4 is 64.6 Å². The number of halogens is 2. The van der Waals surface area contributed by atoms with Gasteiger partial charge in [-0.05, 0) is 53.2 Å². The van der Waals surface area contributed by atoms with E-state index in [0.29, 0.717) is 6.04 Å². The van der Waals surface area contributed by atoms with E-state index in [1.165, 1.54) is 27.5 Å². The Hall–Kier alpha value is -1.15. The Morgan fingerprint density at radius 1 is 1.13 bits per heavy atom. The number of alkyl halides is 1. The van der Waals surface area contributed by atoms with Gasteiger partial charge < -0.3 is 4.90 Å². The molecule has 0 bridgehead atoms. The minimum absolute atomic E-state index is 0.00459. The molecule has 162 valence electrons. The van der Waals surface area contributed by atoms with E-state index in [1.54, 1.807) is 1.52 Å². The van der Waals surface area contributed by atoms with E-state index in [4.69, 9.17) is 0 Å². The first-order valence-corrected chi connectivity index (χ1v) is 16.3. The average Bonchev–Trinajstić information content (AvgIpc) is 3.20. The van der Waals surface area contributed by atoms with Crippen LogP contribution in [0.15, 0.2) is 70.8 Å². The van der Waals surface area contributed by atoms with Gasteiger partial charge in [0.25, 0.3) is 0 Å². The number of benzene rings is 2. The van der Waals surface area contributed by atoms with Crippen molar-refractivity contribution in [3.05, 3.63) is 71.3 Å². The highest BCUT2D eigenvalue weighted by molar-refractivity contribution is 14.3. The Morgan fingerprint density at radius 2 is 1.87 bits per heavy atom. The van der Waals surface area contributed by atoms with Crippen molar-refractivity contribution in [2.75, 3.05) is 11.5 Å². The Morgan fingerprint density at radius 3 is 2.57 bits per heavy atom. The lowest BCUT2D eigenvalue weighted by molar-refractivity contribution is 0.341. The van der Waals surface area contributed by atoms with Gasteiger partial charge in [-0.1, -0.05) is 93.2 Å². The molecule has 0 amide bonds. The van der Waals surface area contributed by atoms with E-state index >= 15 is 0 Å². The molecule has 1 aliphatic heterocycles. The lowest BCUT2D eigenvalue weighted by Crippen LogP contribution is -2.31. The number of rotatable bonds is 7. The predicted molar refractivity (Wildman–Crippen MR) is 156 cm³/mol. The molecule has 0 fully saturated rings. The summed E-state index contributed by atoms with van der Waals surface area (Å²) in [6.07, 6.45) is 7.71. The number of fused-ring (bicyclic) bond motifs is 1. The lowest BCUT2D eigenvalue weighted by Gasteiger charge is -2.24. The van der Waals surface area contributed by atoms with Gasteiger partial charge in [0.15, 0.2) is 0 Å². The summed E-state index contributed by atoms with van der Waals surface area (Å²) < 4.78 is 5.83. The molecule has 0 N–H and O–H groups in total. The van der Waals surface area contributed by atoms with E-state index in [0.717, 1.165) is 19.5 Å². The second kappa shape index (κ2) is 13.3. The van der Waals surface area contributed by atoms with Gasteiger partial charge in [0.1, 0.15) is 0 Å². The molecule has 30 heavy (non-hydrogen) atoms. The maximum atomic E-state index is 4.56. The van der Waals surface area contributed by atoms with Crippen molar-refractivity contribution in [1.29, 1.82) is 0 Å². The third-order valence-corrected chi connectivity index (χ3v) is 12.9. The van der Waals surface area contributed by atoms with Gasteiger partial charge in [0, 0.05) is 8.06 Å². The van der Waals surface area contributed by atoms with Crippen LogP contribution in [0.25, 0.3) is 10.8 Å². The Labute approximate surface area is 202 Å². The SMILES string of the molecule is C=IC(=IC)/C(C)=C/C=C(\C)CC1CN=CN1Cc1ccc2ccccc2c1.CC. The van der Waals surface area contributed by atoms with Crippen LogP contribution in [0.4, 0.5) is 0 Å². The summed E-state index contributed by atoms with van der Waals surface area (Å²) in [5, 5.41) is 2.61. The molecule has 2 aromatic carbocycles. The zero-order chi connectivity index (χ0) is 21.9.